The maximum atomic E-state index is 3.68. The van der Waals surface area contributed by atoms with Gasteiger partial charge in [0.25, 0.3) is 0 Å². The SMILES string of the molecule is C=CCNc1ccc(C(C)(C)CC)cc1. The third kappa shape index (κ3) is 3.12. The Labute approximate surface area is 93.2 Å². The van der Waals surface area contributed by atoms with Crippen molar-refractivity contribution in [3.8, 4) is 0 Å². The van der Waals surface area contributed by atoms with Crippen LogP contribution >= 0.6 is 0 Å². The second kappa shape index (κ2) is 5.01. The molecule has 0 atom stereocenters. The first kappa shape index (κ1) is 11.8. The van der Waals surface area contributed by atoms with E-state index in [0.717, 1.165) is 18.7 Å². The van der Waals surface area contributed by atoms with Gasteiger partial charge in [-0.25, -0.2) is 0 Å². The molecular formula is C14H21N. The molecule has 0 spiro atoms. The molecule has 0 aromatic heterocycles. The summed E-state index contributed by atoms with van der Waals surface area (Å²) < 4.78 is 0. The fraction of sp³-hybridized carbons (Fsp3) is 0.429. The third-order valence-corrected chi connectivity index (χ3v) is 3.00. The molecule has 0 unspecified atom stereocenters. The highest BCUT2D eigenvalue weighted by molar-refractivity contribution is 5.46. The molecule has 0 radical (unpaired) electrons. The molecule has 1 rings (SSSR count). The van der Waals surface area contributed by atoms with Gasteiger partial charge >= 0.3 is 0 Å². The van der Waals surface area contributed by atoms with E-state index in [-0.39, 0.29) is 5.41 Å². The van der Waals surface area contributed by atoms with E-state index in [0.29, 0.717) is 0 Å². The summed E-state index contributed by atoms with van der Waals surface area (Å²) in [6, 6.07) is 8.68. The minimum atomic E-state index is 0.275. The summed E-state index contributed by atoms with van der Waals surface area (Å²) in [5.41, 5.74) is 2.83. The molecule has 0 fully saturated rings. The van der Waals surface area contributed by atoms with Crippen LogP contribution in [0.3, 0.4) is 0 Å². The van der Waals surface area contributed by atoms with Gasteiger partial charge in [-0.3, -0.25) is 0 Å². The average Bonchev–Trinajstić information content (AvgIpc) is 2.27. The topological polar surface area (TPSA) is 12.0 Å². The highest BCUT2D eigenvalue weighted by atomic mass is 14.8. The Balaban J connectivity index is 2.76. The van der Waals surface area contributed by atoms with Gasteiger partial charge < -0.3 is 5.32 Å². The minimum Gasteiger partial charge on any atom is -0.382 e. The second-order valence-corrected chi connectivity index (χ2v) is 4.48. The van der Waals surface area contributed by atoms with Crippen LogP contribution in [0.15, 0.2) is 36.9 Å². The van der Waals surface area contributed by atoms with Gasteiger partial charge in [-0.2, -0.15) is 0 Å². The average molecular weight is 203 g/mol. The minimum absolute atomic E-state index is 0.275. The standard InChI is InChI=1S/C14H21N/c1-5-11-15-13-9-7-12(8-10-13)14(3,4)6-2/h5,7-10,15H,1,6,11H2,2-4H3. The molecule has 15 heavy (non-hydrogen) atoms. The van der Waals surface area contributed by atoms with Crippen molar-refractivity contribution >= 4 is 5.69 Å². The number of hydrogen-bond donors (Lipinski definition) is 1. The maximum absolute atomic E-state index is 3.68. The summed E-state index contributed by atoms with van der Waals surface area (Å²) in [6.45, 7) is 11.3. The van der Waals surface area contributed by atoms with Gasteiger partial charge in [0.15, 0.2) is 0 Å². The first-order valence-electron chi connectivity index (χ1n) is 5.55. The lowest BCUT2D eigenvalue weighted by Gasteiger charge is -2.23. The van der Waals surface area contributed by atoms with Gasteiger partial charge in [0.2, 0.25) is 0 Å². The van der Waals surface area contributed by atoms with Crippen LogP contribution in [0, 0.1) is 0 Å². The lowest BCUT2D eigenvalue weighted by Crippen LogP contribution is -2.15. The number of rotatable bonds is 5. The van der Waals surface area contributed by atoms with Crippen LogP contribution in [0.25, 0.3) is 0 Å². The zero-order chi connectivity index (χ0) is 11.3. The Morgan fingerprint density at radius 3 is 2.33 bits per heavy atom. The normalized spacial score (nSPS) is 11.1. The predicted molar refractivity (Wildman–Crippen MR) is 68.4 cm³/mol. The Bertz CT molecular complexity index is 309. The van der Waals surface area contributed by atoms with Crippen molar-refractivity contribution in [2.24, 2.45) is 0 Å². The smallest absolute Gasteiger partial charge is 0.0342 e. The van der Waals surface area contributed by atoms with E-state index in [2.05, 4.69) is 56.9 Å². The Morgan fingerprint density at radius 2 is 1.87 bits per heavy atom. The van der Waals surface area contributed by atoms with Crippen LogP contribution in [0.2, 0.25) is 0 Å². The monoisotopic (exact) mass is 203 g/mol. The molecule has 0 bridgehead atoms. The molecule has 0 aliphatic heterocycles. The van der Waals surface area contributed by atoms with E-state index in [9.17, 15) is 0 Å². The van der Waals surface area contributed by atoms with E-state index in [1.165, 1.54) is 5.56 Å². The fourth-order valence-corrected chi connectivity index (χ4v) is 1.43. The summed E-state index contributed by atoms with van der Waals surface area (Å²) in [6.07, 6.45) is 3.02. The molecule has 1 heteroatoms. The molecule has 1 aromatic rings. The van der Waals surface area contributed by atoms with Crippen LogP contribution in [0.5, 0.6) is 0 Å². The van der Waals surface area contributed by atoms with E-state index in [1.807, 2.05) is 6.08 Å². The molecule has 0 amide bonds. The van der Waals surface area contributed by atoms with E-state index in [4.69, 9.17) is 0 Å². The van der Waals surface area contributed by atoms with E-state index < -0.39 is 0 Å². The van der Waals surface area contributed by atoms with Crippen LogP contribution in [0.4, 0.5) is 5.69 Å². The van der Waals surface area contributed by atoms with Crippen molar-refractivity contribution in [2.45, 2.75) is 32.6 Å². The van der Waals surface area contributed by atoms with Crippen molar-refractivity contribution in [3.63, 3.8) is 0 Å². The maximum Gasteiger partial charge on any atom is 0.0342 e. The fourth-order valence-electron chi connectivity index (χ4n) is 1.43. The third-order valence-electron chi connectivity index (χ3n) is 3.00. The van der Waals surface area contributed by atoms with Gasteiger partial charge in [-0.05, 0) is 29.5 Å². The molecule has 0 heterocycles. The molecule has 0 saturated carbocycles. The summed E-state index contributed by atoms with van der Waals surface area (Å²) in [4.78, 5) is 0. The van der Waals surface area contributed by atoms with Crippen molar-refractivity contribution in [2.75, 3.05) is 11.9 Å². The number of benzene rings is 1. The van der Waals surface area contributed by atoms with Crippen molar-refractivity contribution in [3.05, 3.63) is 42.5 Å². The molecule has 0 saturated heterocycles. The van der Waals surface area contributed by atoms with Crippen LogP contribution in [-0.4, -0.2) is 6.54 Å². The van der Waals surface area contributed by atoms with Crippen LogP contribution in [0.1, 0.15) is 32.8 Å². The molecule has 1 nitrogen and oxygen atoms in total. The van der Waals surface area contributed by atoms with Crippen LogP contribution in [-0.2, 0) is 5.41 Å². The zero-order valence-electron chi connectivity index (χ0n) is 10.0. The van der Waals surface area contributed by atoms with E-state index in [1.54, 1.807) is 0 Å². The first-order chi connectivity index (χ1) is 7.10. The van der Waals surface area contributed by atoms with Gasteiger partial charge in [0.05, 0.1) is 0 Å². The second-order valence-electron chi connectivity index (χ2n) is 4.48. The summed E-state index contributed by atoms with van der Waals surface area (Å²) in [7, 11) is 0. The molecule has 0 aliphatic rings. The number of nitrogens with one attached hydrogen (secondary N) is 1. The lowest BCUT2D eigenvalue weighted by molar-refractivity contribution is 0.506. The van der Waals surface area contributed by atoms with Crippen molar-refractivity contribution < 1.29 is 0 Å². The lowest BCUT2D eigenvalue weighted by atomic mass is 9.82. The highest BCUT2D eigenvalue weighted by Gasteiger charge is 2.17. The van der Waals surface area contributed by atoms with E-state index >= 15 is 0 Å². The Hall–Kier alpha value is -1.24. The molecule has 0 aliphatic carbocycles. The summed E-state index contributed by atoms with van der Waals surface area (Å²) in [5.74, 6) is 0. The Kier molecular flexibility index (Phi) is 3.96. The number of hydrogen-bond acceptors (Lipinski definition) is 1. The van der Waals surface area contributed by atoms with Gasteiger partial charge in [-0.15, -0.1) is 6.58 Å². The van der Waals surface area contributed by atoms with Crippen LogP contribution < -0.4 is 5.32 Å². The molecule has 82 valence electrons. The zero-order valence-corrected chi connectivity index (χ0v) is 10.0. The van der Waals surface area contributed by atoms with Crippen molar-refractivity contribution in [1.29, 1.82) is 0 Å². The molecular weight excluding hydrogens is 182 g/mol. The van der Waals surface area contributed by atoms with Crippen molar-refractivity contribution in [1.82, 2.24) is 0 Å². The summed E-state index contributed by atoms with van der Waals surface area (Å²) in [5, 5.41) is 3.27. The molecule has 1 aromatic carbocycles. The van der Waals surface area contributed by atoms with Gasteiger partial charge in [0.1, 0.15) is 0 Å². The first-order valence-corrected chi connectivity index (χ1v) is 5.55. The molecule has 1 N–H and O–H groups in total. The van der Waals surface area contributed by atoms with Gasteiger partial charge in [-0.1, -0.05) is 39.0 Å². The quantitative estimate of drug-likeness (QED) is 0.714. The number of anilines is 1. The largest absolute Gasteiger partial charge is 0.382 e. The summed E-state index contributed by atoms with van der Waals surface area (Å²) >= 11 is 0. The van der Waals surface area contributed by atoms with Gasteiger partial charge in [0, 0.05) is 12.2 Å². The Morgan fingerprint density at radius 1 is 1.27 bits per heavy atom. The highest BCUT2D eigenvalue weighted by Crippen LogP contribution is 2.27. The predicted octanol–water partition coefficient (Wildman–Crippen LogP) is 3.97.